The van der Waals surface area contributed by atoms with Crippen molar-refractivity contribution in [2.45, 2.75) is 32.1 Å². The summed E-state index contributed by atoms with van der Waals surface area (Å²) in [7, 11) is -3.38. The third-order valence-electron chi connectivity index (χ3n) is 2.19. The quantitative estimate of drug-likeness (QED) is 0.849. The van der Waals surface area contributed by atoms with Crippen molar-refractivity contribution in [1.29, 1.82) is 0 Å². The van der Waals surface area contributed by atoms with Crippen LogP contribution in [0.4, 0.5) is 5.69 Å². The zero-order chi connectivity index (χ0) is 12.4. The van der Waals surface area contributed by atoms with Gasteiger partial charge in [-0.1, -0.05) is 12.1 Å². The minimum Gasteiger partial charge on any atom is -0.392 e. The van der Waals surface area contributed by atoms with E-state index in [1.807, 2.05) is 0 Å². The van der Waals surface area contributed by atoms with E-state index in [-0.39, 0.29) is 6.61 Å². The number of hydrogen-bond donors (Lipinski definition) is 2. The summed E-state index contributed by atoms with van der Waals surface area (Å²) >= 11 is 0. The van der Waals surface area contributed by atoms with E-state index in [2.05, 4.69) is 4.72 Å². The first kappa shape index (κ1) is 13.0. The van der Waals surface area contributed by atoms with Crippen LogP contribution in [0, 0.1) is 0 Å². The van der Waals surface area contributed by atoms with Crippen molar-refractivity contribution >= 4 is 15.7 Å². The van der Waals surface area contributed by atoms with Crippen LogP contribution in [0.15, 0.2) is 24.3 Å². The van der Waals surface area contributed by atoms with Crippen LogP contribution < -0.4 is 4.72 Å². The lowest BCUT2D eigenvalue weighted by molar-refractivity contribution is 0.282. The van der Waals surface area contributed by atoms with Crippen LogP contribution in [-0.2, 0) is 16.6 Å². The Morgan fingerprint density at radius 1 is 1.19 bits per heavy atom. The van der Waals surface area contributed by atoms with Crippen molar-refractivity contribution in [2.75, 3.05) is 4.72 Å². The van der Waals surface area contributed by atoms with Gasteiger partial charge in [0.25, 0.3) is 0 Å². The number of hydrogen-bond acceptors (Lipinski definition) is 3. The molecule has 1 rings (SSSR count). The Bertz CT molecular complexity index is 443. The van der Waals surface area contributed by atoms with Crippen LogP contribution in [0.3, 0.4) is 0 Å². The molecule has 0 fully saturated rings. The minimum absolute atomic E-state index is 0.0493. The lowest BCUT2D eigenvalue weighted by Gasteiger charge is -2.20. The topological polar surface area (TPSA) is 66.4 Å². The van der Waals surface area contributed by atoms with Crippen molar-refractivity contribution in [1.82, 2.24) is 0 Å². The smallest absolute Gasteiger partial charge is 0.237 e. The monoisotopic (exact) mass is 243 g/mol. The molecule has 0 aliphatic heterocycles. The first-order valence-electron chi connectivity index (χ1n) is 4.98. The highest BCUT2D eigenvalue weighted by Gasteiger charge is 2.28. The predicted octanol–water partition coefficient (Wildman–Crippen LogP) is 1.72. The van der Waals surface area contributed by atoms with Gasteiger partial charge in [0.05, 0.1) is 11.4 Å². The molecule has 0 atom stereocenters. The molecule has 0 heterocycles. The summed E-state index contributed by atoms with van der Waals surface area (Å²) in [5.41, 5.74) is 1.26. The number of nitrogens with one attached hydrogen (secondary N) is 1. The molecule has 0 aromatic heterocycles. The third kappa shape index (κ3) is 2.96. The van der Waals surface area contributed by atoms with Crippen molar-refractivity contribution in [3.63, 3.8) is 0 Å². The van der Waals surface area contributed by atoms with Gasteiger partial charge in [-0.3, -0.25) is 4.72 Å². The van der Waals surface area contributed by atoms with E-state index in [1.54, 1.807) is 45.0 Å². The highest BCUT2D eigenvalue weighted by molar-refractivity contribution is 7.94. The van der Waals surface area contributed by atoms with E-state index in [4.69, 9.17) is 5.11 Å². The fraction of sp³-hybridized carbons (Fsp3) is 0.455. The van der Waals surface area contributed by atoms with E-state index in [1.165, 1.54) is 0 Å². The molecular weight excluding hydrogens is 226 g/mol. The zero-order valence-electron chi connectivity index (χ0n) is 9.69. The van der Waals surface area contributed by atoms with E-state index in [9.17, 15) is 8.42 Å². The van der Waals surface area contributed by atoms with Gasteiger partial charge in [0.15, 0.2) is 0 Å². The summed E-state index contributed by atoms with van der Waals surface area (Å²) in [6.07, 6.45) is 0. The Kier molecular flexibility index (Phi) is 3.60. The van der Waals surface area contributed by atoms with Gasteiger partial charge in [-0.2, -0.15) is 0 Å². The first-order valence-corrected chi connectivity index (χ1v) is 6.47. The highest BCUT2D eigenvalue weighted by Crippen LogP contribution is 2.19. The second-order valence-corrected chi connectivity index (χ2v) is 7.01. The van der Waals surface area contributed by atoms with E-state index in [0.717, 1.165) is 5.56 Å². The molecular formula is C11H17NO3S. The molecule has 0 bridgehead atoms. The molecule has 4 nitrogen and oxygen atoms in total. The summed E-state index contributed by atoms with van der Waals surface area (Å²) < 4.78 is 25.3. The molecule has 0 saturated heterocycles. The second-order valence-electron chi connectivity index (χ2n) is 4.57. The average molecular weight is 243 g/mol. The number of sulfonamides is 1. The Labute approximate surface area is 96.4 Å². The van der Waals surface area contributed by atoms with Crippen molar-refractivity contribution in [2.24, 2.45) is 0 Å². The molecule has 2 N–H and O–H groups in total. The largest absolute Gasteiger partial charge is 0.392 e. The molecule has 0 aliphatic carbocycles. The van der Waals surface area contributed by atoms with Crippen LogP contribution in [0.2, 0.25) is 0 Å². The minimum atomic E-state index is -3.38. The van der Waals surface area contributed by atoms with Gasteiger partial charge < -0.3 is 5.11 Å². The molecule has 0 radical (unpaired) electrons. The summed E-state index contributed by atoms with van der Waals surface area (Å²) in [6.45, 7) is 4.86. The van der Waals surface area contributed by atoms with Crippen LogP contribution in [0.5, 0.6) is 0 Å². The molecule has 90 valence electrons. The summed E-state index contributed by atoms with van der Waals surface area (Å²) in [5.74, 6) is 0. The van der Waals surface area contributed by atoms with E-state index < -0.39 is 14.8 Å². The summed E-state index contributed by atoms with van der Waals surface area (Å²) in [6, 6.07) is 6.63. The van der Waals surface area contributed by atoms with Crippen LogP contribution in [0.25, 0.3) is 0 Å². The molecule has 0 saturated carbocycles. The molecule has 0 amide bonds. The van der Waals surface area contributed by atoms with Crippen LogP contribution >= 0.6 is 0 Å². The van der Waals surface area contributed by atoms with Crippen molar-refractivity contribution in [3.05, 3.63) is 29.8 Å². The molecule has 1 aromatic rings. The van der Waals surface area contributed by atoms with E-state index in [0.29, 0.717) is 5.69 Å². The third-order valence-corrected chi connectivity index (χ3v) is 4.31. The summed E-state index contributed by atoms with van der Waals surface area (Å²) in [4.78, 5) is 0. The SMILES string of the molecule is CC(C)(C)S(=O)(=O)Nc1ccc(CO)cc1. The number of benzene rings is 1. The van der Waals surface area contributed by atoms with Gasteiger partial charge in [-0.15, -0.1) is 0 Å². The molecule has 1 aromatic carbocycles. The fourth-order valence-corrected chi connectivity index (χ4v) is 1.74. The number of anilines is 1. The lowest BCUT2D eigenvalue weighted by atomic mass is 10.2. The number of aliphatic hydroxyl groups excluding tert-OH is 1. The van der Waals surface area contributed by atoms with Crippen LogP contribution in [-0.4, -0.2) is 18.3 Å². The molecule has 16 heavy (non-hydrogen) atoms. The molecule has 0 spiro atoms. The molecule has 5 heteroatoms. The maximum Gasteiger partial charge on any atom is 0.237 e. The molecule has 0 unspecified atom stereocenters. The average Bonchev–Trinajstić information content (AvgIpc) is 2.16. The predicted molar refractivity (Wildman–Crippen MR) is 64.7 cm³/mol. The zero-order valence-corrected chi connectivity index (χ0v) is 10.5. The van der Waals surface area contributed by atoms with Gasteiger partial charge in [0, 0.05) is 5.69 Å². The lowest BCUT2D eigenvalue weighted by Crippen LogP contribution is -2.33. The first-order chi connectivity index (χ1) is 7.26. The Morgan fingerprint density at radius 3 is 2.06 bits per heavy atom. The normalized spacial score (nSPS) is 12.5. The van der Waals surface area contributed by atoms with Gasteiger partial charge >= 0.3 is 0 Å². The van der Waals surface area contributed by atoms with Crippen LogP contribution in [0.1, 0.15) is 26.3 Å². The second kappa shape index (κ2) is 4.43. The van der Waals surface area contributed by atoms with Gasteiger partial charge in [-0.25, -0.2) is 8.42 Å². The fourth-order valence-electron chi connectivity index (χ4n) is 0.986. The standard InChI is InChI=1S/C11H17NO3S/c1-11(2,3)16(14,15)12-10-6-4-9(8-13)5-7-10/h4-7,12-13H,8H2,1-3H3. The van der Waals surface area contributed by atoms with Crippen molar-refractivity contribution in [3.8, 4) is 0 Å². The summed E-state index contributed by atoms with van der Waals surface area (Å²) in [5, 5.41) is 8.85. The Balaban J connectivity index is 2.89. The maximum absolute atomic E-state index is 11.8. The van der Waals surface area contributed by atoms with Gasteiger partial charge in [0.2, 0.25) is 10.0 Å². The number of aliphatic hydroxyl groups is 1. The molecule has 0 aliphatic rings. The van der Waals surface area contributed by atoms with E-state index >= 15 is 0 Å². The van der Waals surface area contributed by atoms with Crippen molar-refractivity contribution < 1.29 is 13.5 Å². The number of rotatable bonds is 3. The Hall–Kier alpha value is -1.07. The highest BCUT2D eigenvalue weighted by atomic mass is 32.2. The Morgan fingerprint density at radius 2 is 1.69 bits per heavy atom. The van der Waals surface area contributed by atoms with Gasteiger partial charge in [0.1, 0.15) is 0 Å². The maximum atomic E-state index is 11.8. The van der Waals surface area contributed by atoms with Gasteiger partial charge in [-0.05, 0) is 38.5 Å².